The molecule has 15 heavy (non-hydrogen) atoms. The third-order valence-corrected chi connectivity index (χ3v) is 4.36. The van der Waals surface area contributed by atoms with E-state index in [2.05, 4.69) is 30.8 Å². The van der Waals surface area contributed by atoms with Crippen LogP contribution in [0.1, 0.15) is 25.7 Å². The van der Waals surface area contributed by atoms with Crippen LogP contribution in [0.5, 0.6) is 0 Å². The normalized spacial score (nSPS) is 23.1. The summed E-state index contributed by atoms with van der Waals surface area (Å²) in [6, 6.07) is 0. The molecule has 0 unspecified atom stereocenters. The van der Waals surface area contributed by atoms with Crippen molar-refractivity contribution in [2.75, 3.05) is 18.0 Å². The quantitative estimate of drug-likeness (QED) is 0.784. The molecule has 4 heteroatoms. The third kappa shape index (κ3) is 1.55. The first kappa shape index (κ1) is 9.58. The Hall–Kier alpha value is -0.640. The predicted molar refractivity (Wildman–Crippen MR) is 62.8 cm³/mol. The molecule has 1 saturated carbocycles. The largest absolute Gasteiger partial charge is 0.355 e. The van der Waals surface area contributed by atoms with E-state index < -0.39 is 0 Å². The maximum Gasteiger partial charge on any atom is 0.146 e. The van der Waals surface area contributed by atoms with Gasteiger partial charge in [0.2, 0.25) is 0 Å². The van der Waals surface area contributed by atoms with Gasteiger partial charge in [0, 0.05) is 19.3 Å². The topological polar surface area (TPSA) is 29.0 Å². The first-order valence-corrected chi connectivity index (χ1v) is 6.29. The molecule has 1 aliphatic heterocycles. The zero-order chi connectivity index (χ0) is 10.3. The Morgan fingerprint density at radius 3 is 2.80 bits per heavy atom. The van der Waals surface area contributed by atoms with Crippen LogP contribution < -0.4 is 4.90 Å². The zero-order valence-electron chi connectivity index (χ0n) is 8.62. The monoisotopic (exact) mass is 267 g/mol. The van der Waals surface area contributed by atoms with E-state index in [0.717, 1.165) is 16.8 Å². The van der Waals surface area contributed by atoms with E-state index in [1.165, 1.54) is 32.2 Å². The molecule has 1 aliphatic carbocycles. The second-order valence-electron chi connectivity index (χ2n) is 4.72. The summed E-state index contributed by atoms with van der Waals surface area (Å²) < 4.78 is 1.02. The van der Waals surface area contributed by atoms with E-state index >= 15 is 0 Å². The molecule has 2 aliphatic rings. The summed E-state index contributed by atoms with van der Waals surface area (Å²) >= 11 is 3.52. The van der Waals surface area contributed by atoms with Crippen LogP contribution in [0.15, 0.2) is 17.0 Å². The smallest absolute Gasteiger partial charge is 0.146 e. The lowest BCUT2D eigenvalue weighted by atomic mass is 9.68. The fourth-order valence-corrected chi connectivity index (χ4v) is 3.21. The molecular weight excluding hydrogens is 254 g/mol. The molecule has 0 radical (unpaired) electrons. The lowest BCUT2D eigenvalue weighted by Gasteiger charge is -2.38. The fraction of sp³-hybridized carbons (Fsp3) is 0.636. The third-order valence-electron chi connectivity index (χ3n) is 3.80. The van der Waals surface area contributed by atoms with Crippen LogP contribution in [0.2, 0.25) is 0 Å². The summed E-state index contributed by atoms with van der Waals surface area (Å²) in [6.07, 6.45) is 9.03. The molecule has 0 amide bonds. The Bertz CT molecular complexity index is 376. The first-order valence-electron chi connectivity index (χ1n) is 5.50. The Kier molecular flexibility index (Phi) is 2.20. The maximum absolute atomic E-state index is 4.35. The zero-order valence-corrected chi connectivity index (χ0v) is 10.2. The molecule has 3 rings (SSSR count). The minimum Gasteiger partial charge on any atom is -0.355 e. The Morgan fingerprint density at radius 1 is 1.33 bits per heavy atom. The van der Waals surface area contributed by atoms with E-state index in [1.807, 2.05) is 6.20 Å². The summed E-state index contributed by atoms with van der Waals surface area (Å²) in [7, 11) is 0. The van der Waals surface area contributed by atoms with Crippen LogP contribution in [0.3, 0.4) is 0 Å². The molecule has 0 atom stereocenters. The van der Waals surface area contributed by atoms with Crippen molar-refractivity contribution in [3.63, 3.8) is 0 Å². The summed E-state index contributed by atoms with van der Waals surface area (Å²) in [5, 5.41) is 0. The Morgan fingerprint density at radius 2 is 2.20 bits per heavy atom. The number of halogens is 1. The molecule has 0 bridgehead atoms. The van der Waals surface area contributed by atoms with Crippen molar-refractivity contribution in [3.05, 3.63) is 17.0 Å². The van der Waals surface area contributed by atoms with Gasteiger partial charge in [0.05, 0.1) is 4.47 Å². The van der Waals surface area contributed by atoms with Crippen LogP contribution in [-0.4, -0.2) is 23.1 Å². The van der Waals surface area contributed by atoms with Crippen molar-refractivity contribution in [1.29, 1.82) is 0 Å². The molecule has 1 aromatic rings. The van der Waals surface area contributed by atoms with Gasteiger partial charge in [-0.25, -0.2) is 9.97 Å². The van der Waals surface area contributed by atoms with E-state index in [9.17, 15) is 0 Å². The summed E-state index contributed by atoms with van der Waals surface area (Å²) in [4.78, 5) is 10.7. The summed E-state index contributed by atoms with van der Waals surface area (Å²) in [6.45, 7) is 2.33. The highest BCUT2D eigenvalue weighted by atomic mass is 79.9. The van der Waals surface area contributed by atoms with Crippen LogP contribution in [0, 0.1) is 5.41 Å². The molecule has 1 aromatic heterocycles. The van der Waals surface area contributed by atoms with Gasteiger partial charge < -0.3 is 4.90 Å². The molecule has 3 nitrogen and oxygen atoms in total. The maximum atomic E-state index is 4.35. The van der Waals surface area contributed by atoms with Gasteiger partial charge in [-0.15, -0.1) is 0 Å². The molecule has 1 saturated heterocycles. The highest BCUT2D eigenvalue weighted by Crippen LogP contribution is 2.49. The highest BCUT2D eigenvalue weighted by molar-refractivity contribution is 9.10. The van der Waals surface area contributed by atoms with Gasteiger partial charge in [0.25, 0.3) is 0 Å². The van der Waals surface area contributed by atoms with Crippen LogP contribution >= 0.6 is 15.9 Å². The van der Waals surface area contributed by atoms with Gasteiger partial charge >= 0.3 is 0 Å². The van der Waals surface area contributed by atoms with Crippen LogP contribution in [0.25, 0.3) is 0 Å². The van der Waals surface area contributed by atoms with Gasteiger partial charge in [-0.05, 0) is 40.6 Å². The van der Waals surface area contributed by atoms with Crippen molar-refractivity contribution in [3.8, 4) is 0 Å². The average Bonchev–Trinajstić information content (AvgIpc) is 2.63. The lowest BCUT2D eigenvalue weighted by Crippen LogP contribution is -2.33. The van der Waals surface area contributed by atoms with Crippen molar-refractivity contribution in [2.45, 2.75) is 25.7 Å². The molecule has 0 aromatic carbocycles. The Balaban J connectivity index is 1.82. The van der Waals surface area contributed by atoms with E-state index in [0.29, 0.717) is 5.41 Å². The van der Waals surface area contributed by atoms with Crippen LogP contribution in [0.4, 0.5) is 5.82 Å². The Labute approximate surface area is 98.0 Å². The predicted octanol–water partition coefficient (Wildman–Crippen LogP) is 2.62. The SMILES string of the molecule is Brc1cncnc1N1CCC2(CCC2)C1. The second kappa shape index (κ2) is 3.44. The summed E-state index contributed by atoms with van der Waals surface area (Å²) in [5.74, 6) is 1.06. The molecular formula is C11H14BrN3. The van der Waals surface area contributed by atoms with Gasteiger partial charge in [-0.3, -0.25) is 0 Å². The van der Waals surface area contributed by atoms with E-state index in [-0.39, 0.29) is 0 Å². The van der Waals surface area contributed by atoms with Crippen molar-refractivity contribution in [1.82, 2.24) is 9.97 Å². The standard InChI is InChI=1S/C11H14BrN3/c12-9-6-13-8-14-10(9)15-5-4-11(7-15)2-1-3-11/h6,8H,1-5,7H2. The van der Waals surface area contributed by atoms with Crippen molar-refractivity contribution in [2.24, 2.45) is 5.41 Å². The van der Waals surface area contributed by atoms with Crippen LogP contribution in [-0.2, 0) is 0 Å². The minimum absolute atomic E-state index is 0.629. The van der Waals surface area contributed by atoms with E-state index in [4.69, 9.17) is 0 Å². The van der Waals surface area contributed by atoms with Gasteiger partial charge in [0.15, 0.2) is 0 Å². The lowest BCUT2D eigenvalue weighted by molar-refractivity contribution is 0.165. The molecule has 2 heterocycles. The molecule has 1 spiro atoms. The fourth-order valence-electron chi connectivity index (χ4n) is 2.74. The molecule has 0 N–H and O–H groups in total. The number of anilines is 1. The van der Waals surface area contributed by atoms with Crippen molar-refractivity contribution >= 4 is 21.7 Å². The number of rotatable bonds is 1. The summed E-state index contributed by atoms with van der Waals surface area (Å²) in [5.41, 5.74) is 0.629. The van der Waals surface area contributed by atoms with Gasteiger partial charge in [-0.1, -0.05) is 6.42 Å². The second-order valence-corrected chi connectivity index (χ2v) is 5.57. The first-order chi connectivity index (χ1) is 7.29. The highest BCUT2D eigenvalue weighted by Gasteiger charge is 2.43. The minimum atomic E-state index is 0.629. The van der Waals surface area contributed by atoms with E-state index in [1.54, 1.807) is 6.33 Å². The molecule has 80 valence electrons. The molecule has 2 fully saturated rings. The average molecular weight is 268 g/mol. The number of hydrogen-bond acceptors (Lipinski definition) is 3. The number of hydrogen-bond donors (Lipinski definition) is 0. The van der Waals surface area contributed by atoms with Crippen molar-refractivity contribution < 1.29 is 0 Å². The number of aromatic nitrogens is 2. The van der Waals surface area contributed by atoms with Gasteiger partial charge in [0.1, 0.15) is 12.1 Å². The number of nitrogens with zero attached hydrogens (tertiary/aromatic N) is 3. The van der Waals surface area contributed by atoms with Gasteiger partial charge in [-0.2, -0.15) is 0 Å².